The third kappa shape index (κ3) is 3.22. The zero-order chi connectivity index (χ0) is 21.4. The first-order valence-corrected chi connectivity index (χ1v) is 9.30. The number of Topliss-reactive ketones (excluding diaryl/α,β-unsaturated/α-hetero) is 1. The van der Waals surface area contributed by atoms with Crippen LogP contribution < -0.4 is 4.90 Å². The van der Waals surface area contributed by atoms with Crippen LogP contribution in [0.4, 0.5) is 10.1 Å². The van der Waals surface area contributed by atoms with Gasteiger partial charge in [0.1, 0.15) is 17.3 Å². The van der Waals surface area contributed by atoms with Crippen LogP contribution in [0, 0.1) is 12.7 Å². The number of phenolic OH excluding ortho intramolecular Hbond substituents is 1. The van der Waals surface area contributed by atoms with Crippen LogP contribution in [0.25, 0.3) is 5.76 Å². The van der Waals surface area contributed by atoms with Crippen molar-refractivity contribution in [2.45, 2.75) is 13.0 Å². The molecular weight excluding hydrogens is 385 g/mol. The lowest BCUT2D eigenvalue weighted by atomic mass is 9.94. The van der Waals surface area contributed by atoms with E-state index in [1.165, 1.54) is 42.5 Å². The van der Waals surface area contributed by atoms with Gasteiger partial charge in [-0.2, -0.15) is 0 Å². The summed E-state index contributed by atoms with van der Waals surface area (Å²) in [6.07, 6.45) is 0. The van der Waals surface area contributed by atoms with Gasteiger partial charge in [0.05, 0.1) is 11.6 Å². The van der Waals surface area contributed by atoms with Crippen molar-refractivity contribution in [3.63, 3.8) is 0 Å². The fourth-order valence-corrected chi connectivity index (χ4v) is 3.57. The van der Waals surface area contributed by atoms with E-state index < -0.39 is 23.5 Å². The molecule has 6 heteroatoms. The van der Waals surface area contributed by atoms with Crippen LogP contribution in [0.2, 0.25) is 0 Å². The number of amides is 1. The number of hydrogen-bond acceptors (Lipinski definition) is 4. The fraction of sp³-hybridized carbons (Fsp3) is 0.0833. The van der Waals surface area contributed by atoms with Gasteiger partial charge in [0.15, 0.2) is 0 Å². The average Bonchev–Trinajstić information content (AvgIpc) is 3.00. The second kappa shape index (κ2) is 7.48. The molecule has 2 N–H and O–H groups in total. The average molecular weight is 403 g/mol. The van der Waals surface area contributed by atoms with E-state index in [1.54, 1.807) is 30.3 Å². The van der Waals surface area contributed by atoms with Gasteiger partial charge >= 0.3 is 0 Å². The number of rotatable bonds is 3. The van der Waals surface area contributed by atoms with E-state index in [0.717, 1.165) is 10.5 Å². The quantitative estimate of drug-likeness (QED) is 0.384. The van der Waals surface area contributed by atoms with E-state index in [-0.39, 0.29) is 22.6 Å². The van der Waals surface area contributed by atoms with Crippen LogP contribution in [-0.4, -0.2) is 21.9 Å². The van der Waals surface area contributed by atoms with Crippen LogP contribution in [0.15, 0.2) is 78.4 Å². The van der Waals surface area contributed by atoms with Gasteiger partial charge in [-0.25, -0.2) is 4.39 Å². The molecule has 5 nitrogen and oxygen atoms in total. The maximum atomic E-state index is 14.7. The van der Waals surface area contributed by atoms with E-state index in [9.17, 15) is 24.2 Å². The maximum Gasteiger partial charge on any atom is 0.300 e. The molecule has 0 saturated carbocycles. The van der Waals surface area contributed by atoms with Crippen LogP contribution in [0.3, 0.4) is 0 Å². The van der Waals surface area contributed by atoms with Gasteiger partial charge in [-0.15, -0.1) is 0 Å². The van der Waals surface area contributed by atoms with Gasteiger partial charge in [0.2, 0.25) is 0 Å². The molecule has 1 heterocycles. The first-order chi connectivity index (χ1) is 14.4. The number of anilines is 1. The van der Waals surface area contributed by atoms with Crippen molar-refractivity contribution in [3.05, 3.63) is 101 Å². The van der Waals surface area contributed by atoms with Crippen molar-refractivity contribution in [1.82, 2.24) is 0 Å². The highest BCUT2D eigenvalue weighted by atomic mass is 19.1. The molecule has 30 heavy (non-hydrogen) atoms. The number of aliphatic hydroxyl groups is 1. The molecule has 0 bridgehead atoms. The highest BCUT2D eigenvalue weighted by Gasteiger charge is 2.47. The van der Waals surface area contributed by atoms with E-state index in [4.69, 9.17) is 0 Å². The zero-order valence-electron chi connectivity index (χ0n) is 16.0. The molecule has 150 valence electrons. The largest absolute Gasteiger partial charge is 0.508 e. The SMILES string of the molecule is Cc1ccc(C(O)=C2C(=O)C(=O)N(c3ccc(O)cc3)[C@H]2c2ccccc2F)cc1. The monoisotopic (exact) mass is 403 g/mol. The molecule has 0 unspecified atom stereocenters. The van der Waals surface area contributed by atoms with E-state index in [2.05, 4.69) is 0 Å². The number of benzene rings is 3. The summed E-state index contributed by atoms with van der Waals surface area (Å²) < 4.78 is 14.7. The predicted octanol–water partition coefficient (Wildman–Crippen LogP) is 4.47. The molecule has 1 amide bonds. The number of phenols is 1. The molecule has 0 spiro atoms. The first-order valence-electron chi connectivity index (χ1n) is 9.30. The van der Waals surface area contributed by atoms with E-state index in [0.29, 0.717) is 11.3 Å². The number of aromatic hydroxyl groups is 1. The molecule has 1 aliphatic rings. The van der Waals surface area contributed by atoms with Crippen molar-refractivity contribution in [2.24, 2.45) is 0 Å². The number of carbonyl (C=O) groups excluding carboxylic acids is 2. The third-order valence-corrected chi connectivity index (χ3v) is 5.10. The van der Waals surface area contributed by atoms with Crippen molar-refractivity contribution in [2.75, 3.05) is 4.90 Å². The summed E-state index contributed by atoms with van der Waals surface area (Å²) in [5, 5.41) is 20.5. The molecule has 1 saturated heterocycles. The fourth-order valence-electron chi connectivity index (χ4n) is 3.57. The minimum atomic E-state index is -1.16. The highest BCUT2D eigenvalue weighted by Crippen LogP contribution is 2.43. The minimum Gasteiger partial charge on any atom is -0.508 e. The summed E-state index contributed by atoms with van der Waals surface area (Å²) >= 11 is 0. The summed E-state index contributed by atoms with van der Waals surface area (Å²) in [6.45, 7) is 1.88. The summed E-state index contributed by atoms with van der Waals surface area (Å²) in [7, 11) is 0. The van der Waals surface area contributed by atoms with Crippen LogP contribution in [0.1, 0.15) is 22.7 Å². The third-order valence-electron chi connectivity index (χ3n) is 5.10. The van der Waals surface area contributed by atoms with Gasteiger partial charge in [0.25, 0.3) is 11.7 Å². The van der Waals surface area contributed by atoms with Gasteiger partial charge in [-0.3, -0.25) is 14.5 Å². The van der Waals surface area contributed by atoms with Gasteiger partial charge < -0.3 is 10.2 Å². The maximum absolute atomic E-state index is 14.7. The molecule has 1 aliphatic heterocycles. The smallest absolute Gasteiger partial charge is 0.300 e. The summed E-state index contributed by atoms with van der Waals surface area (Å²) in [5.74, 6) is -2.79. The van der Waals surface area contributed by atoms with Crippen LogP contribution >= 0.6 is 0 Å². The minimum absolute atomic E-state index is 0.0163. The zero-order valence-corrected chi connectivity index (χ0v) is 16.0. The van der Waals surface area contributed by atoms with Crippen molar-refractivity contribution in [3.8, 4) is 5.75 Å². The standard InChI is InChI=1S/C24H18FNO4/c1-14-6-8-15(9-7-14)22(28)20-21(18-4-2-3-5-19(18)25)26(24(30)23(20)29)16-10-12-17(27)13-11-16/h2-13,21,27-28H,1H3/t21-/m0/s1. The number of aliphatic hydroxyl groups excluding tert-OH is 1. The molecule has 1 fully saturated rings. The Balaban J connectivity index is 1.96. The Morgan fingerprint density at radius 3 is 2.20 bits per heavy atom. The Kier molecular flexibility index (Phi) is 4.83. The van der Waals surface area contributed by atoms with Gasteiger partial charge in [-0.1, -0.05) is 48.0 Å². The summed E-state index contributed by atoms with van der Waals surface area (Å²) in [6, 6.07) is 17.1. The number of hydrogen-bond donors (Lipinski definition) is 2. The van der Waals surface area contributed by atoms with Crippen LogP contribution in [-0.2, 0) is 9.59 Å². The molecule has 1 atom stereocenters. The summed E-state index contributed by atoms with van der Waals surface area (Å²) in [5.41, 5.74) is 1.50. The molecule has 3 aromatic rings. The number of nitrogens with zero attached hydrogens (tertiary/aromatic N) is 1. The van der Waals surface area contributed by atoms with Gasteiger partial charge in [0, 0.05) is 16.8 Å². The number of halogens is 1. The Hall–Kier alpha value is -3.93. The Labute approximate surface area is 172 Å². The second-order valence-electron chi connectivity index (χ2n) is 7.07. The van der Waals surface area contributed by atoms with Crippen molar-refractivity contribution < 1.29 is 24.2 Å². The lowest BCUT2D eigenvalue weighted by Crippen LogP contribution is -2.29. The second-order valence-corrected chi connectivity index (χ2v) is 7.07. The predicted molar refractivity (Wildman–Crippen MR) is 110 cm³/mol. The topological polar surface area (TPSA) is 77.8 Å². The Morgan fingerprint density at radius 1 is 0.933 bits per heavy atom. The number of aryl methyl sites for hydroxylation is 1. The molecule has 3 aromatic carbocycles. The molecule has 0 radical (unpaired) electrons. The molecule has 0 aromatic heterocycles. The van der Waals surface area contributed by atoms with Crippen molar-refractivity contribution in [1.29, 1.82) is 0 Å². The van der Waals surface area contributed by atoms with E-state index in [1.807, 2.05) is 6.92 Å². The first kappa shape index (κ1) is 19.4. The van der Waals surface area contributed by atoms with Crippen LogP contribution in [0.5, 0.6) is 5.75 Å². The molecule has 4 rings (SSSR count). The van der Waals surface area contributed by atoms with E-state index >= 15 is 0 Å². The number of ketones is 1. The Bertz CT molecular complexity index is 1170. The molecule has 0 aliphatic carbocycles. The normalized spacial score (nSPS) is 18.1. The molecular formula is C24H18FNO4. The highest BCUT2D eigenvalue weighted by molar-refractivity contribution is 6.51. The lowest BCUT2D eigenvalue weighted by molar-refractivity contribution is -0.132. The Morgan fingerprint density at radius 2 is 1.57 bits per heavy atom. The lowest BCUT2D eigenvalue weighted by Gasteiger charge is -2.25. The number of carbonyl (C=O) groups is 2. The van der Waals surface area contributed by atoms with Gasteiger partial charge in [-0.05, 0) is 37.3 Å². The van der Waals surface area contributed by atoms with Crippen molar-refractivity contribution >= 4 is 23.1 Å². The summed E-state index contributed by atoms with van der Waals surface area (Å²) in [4.78, 5) is 27.0.